The molecular weight excluding hydrogens is 370 g/mol. The van der Waals surface area contributed by atoms with Crippen LogP contribution in [0.25, 0.3) is 0 Å². The topological polar surface area (TPSA) is 77.6 Å². The quantitative estimate of drug-likeness (QED) is 0.804. The number of hydrogen-bond donors (Lipinski definition) is 1. The number of aromatic nitrogens is 5. The van der Waals surface area contributed by atoms with Crippen molar-refractivity contribution in [3.63, 3.8) is 0 Å². The monoisotopic (exact) mass is 380 g/mol. The molecule has 0 aliphatic heterocycles. The molecule has 21 heavy (non-hydrogen) atoms. The van der Waals surface area contributed by atoms with Crippen molar-refractivity contribution in [1.82, 2.24) is 24.7 Å². The lowest BCUT2D eigenvalue weighted by atomic mass is 10.4. The zero-order valence-electron chi connectivity index (χ0n) is 11.0. The fourth-order valence-electron chi connectivity index (χ4n) is 1.52. The number of carbonyl (C=O) groups excluding carboxylic acids is 1. The van der Waals surface area contributed by atoms with E-state index in [0.29, 0.717) is 10.2 Å². The Balaban J connectivity index is 2.31. The molecule has 1 amide bonds. The molecule has 2 rings (SSSR count). The molecule has 0 aliphatic carbocycles. The van der Waals surface area contributed by atoms with E-state index in [9.17, 15) is 13.6 Å². The predicted molar refractivity (Wildman–Crippen MR) is 76.0 cm³/mol. The van der Waals surface area contributed by atoms with Gasteiger partial charge in [0.05, 0.1) is 4.47 Å². The van der Waals surface area contributed by atoms with E-state index in [1.165, 1.54) is 16.4 Å². The molecule has 0 spiro atoms. The molecular formula is C10H11BrF2N6OS. The van der Waals surface area contributed by atoms with Crippen molar-refractivity contribution in [1.29, 1.82) is 0 Å². The number of amides is 1. The minimum atomic E-state index is -2.85. The van der Waals surface area contributed by atoms with Gasteiger partial charge in [-0.05, 0) is 21.7 Å². The standard InChI is InChI=1S/C10H11BrF2N6OS/c1-3-21-10-15-14-8(7(12)13)19(10)17-9(20)6-5(11)4-18(2)16-6/h4,7H,3H2,1-2H3,(H,17,20). The van der Waals surface area contributed by atoms with Crippen LogP contribution in [0.15, 0.2) is 15.8 Å². The number of aryl methyl sites for hydroxylation is 1. The smallest absolute Gasteiger partial charge is 0.274 e. The van der Waals surface area contributed by atoms with E-state index in [2.05, 4.69) is 36.7 Å². The van der Waals surface area contributed by atoms with Crippen LogP contribution < -0.4 is 5.43 Å². The minimum absolute atomic E-state index is 0.0823. The molecule has 0 radical (unpaired) electrons. The average molecular weight is 381 g/mol. The summed E-state index contributed by atoms with van der Waals surface area (Å²) in [7, 11) is 1.64. The van der Waals surface area contributed by atoms with Crippen LogP contribution in [0.4, 0.5) is 8.78 Å². The van der Waals surface area contributed by atoms with Crippen molar-refractivity contribution in [2.75, 3.05) is 11.2 Å². The number of halogens is 3. The molecule has 0 saturated carbocycles. The van der Waals surface area contributed by atoms with Gasteiger partial charge in [0.15, 0.2) is 5.69 Å². The SMILES string of the molecule is CCSc1nnc(C(F)F)n1NC(=O)c1nn(C)cc1Br. The van der Waals surface area contributed by atoms with Crippen molar-refractivity contribution in [2.24, 2.45) is 7.05 Å². The summed E-state index contributed by atoms with van der Waals surface area (Å²) in [4.78, 5) is 12.1. The zero-order valence-corrected chi connectivity index (χ0v) is 13.5. The van der Waals surface area contributed by atoms with E-state index in [-0.39, 0.29) is 10.9 Å². The van der Waals surface area contributed by atoms with Crippen molar-refractivity contribution in [3.05, 3.63) is 22.2 Å². The molecule has 2 aromatic rings. The maximum Gasteiger partial charge on any atom is 0.299 e. The molecule has 0 saturated heterocycles. The van der Waals surface area contributed by atoms with Gasteiger partial charge in [-0.25, -0.2) is 13.5 Å². The first-order chi connectivity index (χ1) is 9.93. The van der Waals surface area contributed by atoms with E-state index in [1.807, 2.05) is 6.92 Å². The molecule has 0 bridgehead atoms. The molecule has 0 atom stereocenters. The second-order valence-electron chi connectivity index (χ2n) is 3.85. The normalized spacial score (nSPS) is 11.1. The minimum Gasteiger partial charge on any atom is -0.274 e. The molecule has 2 heterocycles. The van der Waals surface area contributed by atoms with Crippen LogP contribution in [-0.4, -0.2) is 36.3 Å². The van der Waals surface area contributed by atoms with E-state index < -0.39 is 18.2 Å². The van der Waals surface area contributed by atoms with Crippen LogP contribution in [-0.2, 0) is 7.05 Å². The maximum atomic E-state index is 12.9. The van der Waals surface area contributed by atoms with Crippen LogP contribution in [0.3, 0.4) is 0 Å². The van der Waals surface area contributed by atoms with Crippen LogP contribution in [0, 0.1) is 0 Å². The van der Waals surface area contributed by atoms with Gasteiger partial charge in [0.2, 0.25) is 11.0 Å². The van der Waals surface area contributed by atoms with Gasteiger partial charge in [0, 0.05) is 13.2 Å². The molecule has 7 nitrogen and oxygen atoms in total. The van der Waals surface area contributed by atoms with Gasteiger partial charge < -0.3 is 0 Å². The number of carbonyl (C=O) groups is 1. The van der Waals surface area contributed by atoms with Crippen LogP contribution in [0.1, 0.15) is 29.7 Å². The highest BCUT2D eigenvalue weighted by atomic mass is 79.9. The van der Waals surface area contributed by atoms with Crippen LogP contribution in [0.2, 0.25) is 0 Å². The lowest BCUT2D eigenvalue weighted by Crippen LogP contribution is -2.26. The third-order valence-electron chi connectivity index (χ3n) is 2.34. The largest absolute Gasteiger partial charge is 0.299 e. The number of nitrogens with one attached hydrogen (secondary N) is 1. The summed E-state index contributed by atoms with van der Waals surface area (Å²) in [5.41, 5.74) is 2.42. The average Bonchev–Trinajstić information content (AvgIpc) is 2.94. The number of thioether (sulfide) groups is 1. The lowest BCUT2D eigenvalue weighted by molar-refractivity contribution is 0.0990. The number of nitrogens with zero attached hydrogens (tertiary/aromatic N) is 5. The number of hydrogen-bond acceptors (Lipinski definition) is 5. The van der Waals surface area contributed by atoms with Crippen molar-refractivity contribution < 1.29 is 13.6 Å². The Morgan fingerprint density at radius 3 is 2.76 bits per heavy atom. The Labute approximate surface area is 131 Å². The van der Waals surface area contributed by atoms with Crippen molar-refractivity contribution in [3.8, 4) is 0 Å². The van der Waals surface area contributed by atoms with E-state index >= 15 is 0 Å². The molecule has 1 N–H and O–H groups in total. The molecule has 2 aromatic heterocycles. The van der Waals surface area contributed by atoms with Crippen LogP contribution >= 0.6 is 27.7 Å². The van der Waals surface area contributed by atoms with E-state index in [4.69, 9.17) is 0 Å². The molecule has 114 valence electrons. The summed E-state index contributed by atoms with van der Waals surface area (Å²) in [6, 6.07) is 0. The summed E-state index contributed by atoms with van der Waals surface area (Å²) >= 11 is 4.37. The zero-order chi connectivity index (χ0) is 15.6. The second kappa shape index (κ2) is 6.52. The fraction of sp³-hybridized carbons (Fsp3) is 0.400. The highest BCUT2D eigenvalue weighted by Gasteiger charge is 2.23. The Hall–Kier alpha value is -1.49. The van der Waals surface area contributed by atoms with Gasteiger partial charge in [-0.15, -0.1) is 10.2 Å². The summed E-state index contributed by atoms with van der Waals surface area (Å²) < 4.78 is 28.6. The van der Waals surface area contributed by atoms with Crippen molar-refractivity contribution in [2.45, 2.75) is 18.5 Å². The molecule has 0 aliphatic rings. The summed E-state index contributed by atoms with van der Waals surface area (Å²) in [5, 5.41) is 11.2. The summed E-state index contributed by atoms with van der Waals surface area (Å²) in [5.74, 6) is -0.654. The second-order valence-corrected chi connectivity index (χ2v) is 5.94. The van der Waals surface area contributed by atoms with Crippen molar-refractivity contribution >= 4 is 33.6 Å². The lowest BCUT2D eigenvalue weighted by Gasteiger charge is -2.09. The highest BCUT2D eigenvalue weighted by Crippen LogP contribution is 2.22. The first-order valence-electron chi connectivity index (χ1n) is 5.80. The third kappa shape index (κ3) is 3.40. The molecule has 0 aromatic carbocycles. The van der Waals surface area contributed by atoms with E-state index in [0.717, 1.165) is 4.68 Å². The third-order valence-corrected chi connectivity index (χ3v) is 3.73. The first-order valence-corrected chi connectivity index (χ1v) is 7.58. The Bertz CT molecular complexity index is 658. The van der Waals surface area contributed by atoms with Crippen LogP contribution in [0.5, 0.6) is 0 Å². The maximum absolute atomic E-state index is 12.9. The summed E-state index contributed by atoms with van der Waals surface area (Å²) in [6.45, 7) is 1.84. The van der Waals surface area contributed by atoms with Gasteiger partial charge in [0.25, 0.3) is 12.3 Å². The molecule has 11 heteroatoms. The Morgan fingerprint density at radius 2 is 2.24 bits per heavy atom. The van der Waals surface area contributed by atoms with Gasteiger partial charge in [-0.3, -0.25) is 14.9 Å². The van der Waals surface area contributed by atoms with Gasteiger partial charge in [0.1, 0.15) is 0 Å². The number of rotatable bonds is 5. The highest BCUT2D eigenvalue weighted by molar-refractivity contribution is 9.10. The first kappa shape index (κ1) is 15.9. The van der Waals surface area contributed by atoms with E-state index in [1.54, 1.807) is 13.2 Å². The fourth-order valence-corrected chi connectivity index (χ4v) is 2.70. The van der Waals surface area contributed by atoms with Gasteiger partial charge >= 0.3 is 0 Å². The predicted octanol–water partition coefficient (Wildman–Crippen LogP) is 2.21. The molecule has 0 unspecified atom stereocenters. The summed E-state index contributed by atoms with van der Waals surface area (Å²) in [6.07, 6.45) is -1.27. The Morgan fingerprint density at radius 1 is 1.52 bits per heavy atom. The Kier molecular flexibility index (Phi) is 4.93. The molecule has 0 fully saturated rings. The number of alkyl halides is 2. The van der Waals surface area contributed by atoms with Gasteiger partial charge in [-0.2, -0.15) is 5.10 Å². The van der Waals surface area contributed by atoms with Gasteiger partial charge in [-0.1, -0.05) is 18.7 Å².